The third kappa shape index (κ3) is 4.12. The number of nitrogens with zero attached hydrogens (tertiary/aromatic N) is 2. The third-order valence-corrected chi connectivity index (χ3v) is 6.18. The molecule has 1 aliphatic heterocycles. The second-order valence-corrected chi connectivity index (χ2v) is 8.48. The van der Waals surface area contributed by atoms with Crippen LogP contribution in [0.3, 0.4) is 0 Å². The number of benzene rings is 2. The normalized spacial score (nSPS) is 17.2. The van der Waals surface area contributed by atoms with Crippen molar-refractivity contribution in [2.75, 3.05) is 19.5 Å². The summed E-state index contributed by atoms with van der Waals surface area (Å²) in [6.45, 7) is 1.85. The summed E-state index contributed by atoms with van der Waals surface area (Å²) in [5, 5.41) is 11.0. The molecule has 2 atom stereocenters. The van der Waals surface area contributed by atoms with E-state index in [-0.39, 0.29) is 5.91 Å². The first kappa shape index (κ1) is 22.9. The van der Waals surface area contributed by atoms with Crippen molar-refractivity contribution >= 4 is 40.8 Å². The summed E-state index contributed by atoms with van der Waals surface area (Å²) in [5.41, 5.74) is 2.55. The number of ether oxygens (including phenoxy) is 2. The lowest BCUT2D eigenvalue weighted by molar-refractivity contribution is -0.118. The van der Waals surface area contributed by atoms with E-state index in [1.807, 2.05) is 6.92 Å². The standard InChI is InChI=1S/C23H22Cl2N4O4/c1-11-17-18(13-9-15(25)20(33-4)16(10-13)32-3)19(23(31)27-21(17)29(2)28-11)26-22(30)12-5-7-14(24)8-6-12/h5-10,18-19H,1-4H3,(H,26,30)(H,27,31)/t18-,19+/m1/s1. The molecule has 0 spiro atoms. The number of fused-ring (bicyclic) bond motifs is 1. The van der Waals surface area contributed by atoms with E-state index in [4.69, 9.17) is 32.7 Å². The van der Waals surface area contributed by atoms with E-state index >= 15 is 0 Å². The van der Waals surface area contributed by atoms with E-state index in [9.17, 15) is 9.59 Å². The molecular weight excluding hydrogens is 467 g/mol. The van der Waals surface area contributed by atoms with Crippen LogP contribution in [0.4, 0.5) is 5.82 Å². The van der Waals surface area contributed by atoms with Gasteiger partial charge in [-0.2, -0.15) is 5.10 Å². The molecule has 2 heterocycles. The fourth-order valence-electron chi connectivity index (χ4n) is 4.16. The number of rotatable bonds is 5. The number of aromatic nitrogens is 2. The van der Waals surface area contributed by atoms with Crippen molar-refractivity contribution in [3.05, 3.63) is 68.8 Å². The van der Waals surface area contributed by atoms with Crippen LogP contribution in [-0.4, -0.2) is 41.9 Å². The molecule has 4 rings (SSSR count). The van der Waals surface area contributed by atoms with Crippen LogP contribution < -0.4 is 20.1 Å². The van der Waals surface area contributed by atoms with Gasteiger partial charge in [-0.15, -0.1) is 0 Å². The Morgan fingerprint density at radius 1 is 1.15 bits per heavy atom. The molecule has 0 saturated heterocycles. The quantitative estimate of drug-likeness (QED) is 0.567. The molecule has 0 fully saturated rings. The summed E-state index contributed by atoms with van der Waals surface area (Å²) < 4.78 is 12.4. The number of anilines is 1. The summed E-state index contributed by atoms with van der Waals surface area (Å²) in [4.78, 5) is 26.2. The number of methoxy groups -OCH3 is 2. The van der Waals surface area contributed by atoms with E-state index in [1.165, 1.54) is 14.2 Å². The summed E-state index contributed by atoms with van der Waals surface area (Å²) in [5.74, 6) is 0.00317. The lowest BCUT2D eigenvalue weighted by atomic mass is 9.81. The lowest BCUT2D eigenvalue weighted by Gasteiger charge is -2.33. The van der Waals surface area contributed by atoms with Gasteiger partial charge < -0.3 is 20.1 Å². The molecule has 2 N–H and O–H groups in total. The molecule has 2 aromatic carbocycles. The second-order valence-electron chi connectivity index (χ2n) is 7.63. The Balaban J connectivity index is 1.84. The Hall–Kier alpha value is -3.23. The van der Waals surface area contributed by atoms with Crippen molar-refractivity contribution in [2.45, 2.75) is 18.9 Å². The van der Waals surface area contributed by atoms with Crippen molar-refractivity contribution in [1.29, 1.82) is 0 Å². The molecule has 172 valence electrons. The topological polar surface area (TPSA) is 94.5 Å². The first-order valence-corrected chi connectivity index (χ1v) is 10.8. The summed E-state index contributed by atoms with van der Waals surface area (Å²) in [6.07, 6.45) is 0. The zero-order valence-corrected chi connectivity index (χ0v) is 19.9. The number of hydrogen-bond acceptors (Lipinski definition) is 5. The molecule has 0 aliphatic carbocycles. The van der Waals surface area contributed by atoms with E-state index in [2.05, 4.69) is 15.7 Å². The molecule has 0 unspecified atom stereocenters. The van der Waals surface area contributed by atoms with Gasteiger partial charge >= 0.3 is 0 Å². The monoisotopic (exact) mass is 488 g/mol. The van der Waals surface area contributed by atoms with Crippen LogP contribution in [-0.2, 0) is 11.8 Å². The van der Waals surface area contributed by atoms with Crippen molar-refractivity contribution in [2.24, 2.45) is 7.05 Å². The molecule has 33 heavy (non-hydrogen) atoms. The van der Waals surface area contributed by atoms with Crippen molar-refractivity contribution in [1.82, 2.24) is 15.1 Å². The maximum absolute atomic E-state index is 13.2. The molecule has 0 saturated carbocycles. The third-order valence-electron chi connectivity index (χ3n) is 5.64. The molecule has 0 bridgehead atoms. The Bertz CT molecular complexity index is 1240. The molecule has 8 nitrogen and oxygen atoms in total. The largest absolute Gasteiger partial charge is 0.493 e. The molecule has 2 amide bonds. The van der Waals surface area contributed by atoms with Crippen molar-refractivity contribution in [3.63, 3.8) is 0 Å². The number of carbonyl (C=O) groups excluding carboxylic acids is 2. The lowest BCUT2D eigenvalue weighted by Crippen LogP contribution is -2.50. The van der Waals surface area contributed by atoms with Gasteiger partial charge in [0.15, 0.2) is 11.5 Å². The van der Waals surface area contributed by atoms with Gasteiger partial charge in [-0.1, -0.05) is 23.2 Å². The van der Waals surface area contributed by atoms with Crippen LogP contribution in [0.5, 0.6) is 11.5 Å². The first-order chi connectivity index (χ1) is 15.7. The van der Waals surface area contributed by atoms with Gasteiger partial charge in [0.25, 0.3) is 5.91 Å². The highest BCUT2D eigenvalue weighted by molar-refractivity contribution is 6.32. The Morgan fingerprint density at radius 3 is 2.48 bits per heavy atom. The maximum atomic E-state index is 13.2. The van der Waals surface area contributed by atoms with Gasteiger partial charge in [0.05, 0.1) is 24.9 Å². The fourth-order valence-corrected chi connectivity index (χ4v) is 4.58. The predicted octanol–water partition coefficient (Wildman–Crippen LogP) is 3.94. The Kier molecular flexibility index (Phi) is 6.23. The zero-order chi connectivity index (χ0) is 23.9. The Labute approximate surface area is 200 Å². The minimum absolute atomic E-state index is 0.323. The van der Waals surface area contributed by atoms with Gasteiger partial charge in [-0.3, -0.25) is 14.3 Å². The second kappa shape index (κ2) is 8.96. The average Bonchev–Trinajstić information content (AvgIpc) is 3.06. The van der Waals surface area contributed by atoms with E-state index in [0.717, 1.165) is 5.56 Å². The molecule has 1 aromatic heterocycles. The van der Waals surface area contributed by atoms with E-state index < -0.39 is 17.9 Å². The highest BCUT2D eigenvalue weighted by atomic mass is 35.5. The van der Waals surface area contributed by atoms with Crippen LogP contribution in [0.25, 0.3) is 0 Å². The molecule has 10 heteroatoms. The van der Waals surface area contributed by atoms with Gasteiger partial charge in [-0.25, -0.2) is 0 Å². The summed E-state index contributed by atoms with van der Waals surface area (Å²) in [6, 6.07) is 8.97. The smallest absolute Gasteiger partial charge is 0.251 e. The number of halogens is 2. The summed E-state index contributed by atoms with van der Waals surface area (Å²) in [7, 11) is 4.75. The number of aryl methyl sites for hydroxylation is 2. The van der Waals surface area contributed by atoms with Crippen LogP contribution in [0.2, 0.25) is 10.0 Å². The van der Waals surface area contributed by atoms with Crippen molar-refractivity contribution < 1.29 is 19.1 Å². The van der Waals surface area contributed by atoms with E-state index in [1.54, 1.807) is 48.1 Å². The molecular formula is C23H22Cl2N4O4. The minimum Gasteiger partial charge on any atom is -0.493 e. The van der Waals surface area contributed by atoms with Crippen LogP contribution in [0.15, 0.2) is 36.4 Å². The van der Waals surface area contributed by atoms with Gasteiger partial charge in [0, 0.05) is 29.1 Å². The van der Waals surface area contributed by atoms with Gasteiger partial charge in [0.2, 0.25) is 5.91 Å². The van der Waals surface area contributed by atoms with Crippen molar-refractivity contribution in [3.8, 4) is 11.5 Å². The maximum Gasteiger partial charge on any atom is 0.251 e. The number of carbonyl (C=O) groups is 2. The molecule has 1 aliphatic rings. The van der Waals surface area contributed by atoms with Gasteiger partial charge in [-0.05, 0) is 48.9 Å². The fraction of sp³-hybridized carbons (Fsp3) is 0.261. The zero-order valence-electron chi connectivity index (χ0n) is 18.4. The minimum atomic E-state index is -0.933. The average molecular weight is 489 g/mol. The number of amides is 2. The van der Waals surface area contributed by atoms with Crippen LogP contribution in [0, 0.1) is 6.92 Å². The van der Waals surface area contributed by atoms with Gasteiger partial charge in [0.1, 0.15) is 11.9 Å². The highest BCUT2D eigenvalue weighted by Gasteiger charge is 2.41. The molecule has 3 aromatic rings. The van der Waals surface area contributed by atoms with E-state index in [0.29, 0.717) is 44.2 Å². The number of hydrogen-bond donors (Lipinski definition) is 2. The Morgan fingerprint density at radius 2 is 1.85 bits per heavy atom. The van der Waals surface area contributed by atoms with Crippen LogP contribution in [0.1, 0.15) is 33.1 Å². The SMILES string of the molecule is COc1cc([C@@H]2c3c(C)nn(C)c3NC(=O)[C@H]2NC(=O)c2ccc(Cl)cc2)cc(Cl)c1OC. The number of nitrogens with one attached hydrogen (secondary N) is 2. The predicted molar refractivity (Wildman–Crippen MR) is 126 cm³/mol. The first-order valence-electron chi connectivity index (χ1n) is 10.1. The summed E-state index contributed by atoms with van der Waals surface area (Å²) >= 11 is 12.4. The van der Waals surface area contributed by atoms with Crippen LogP contribution >= 0.6 is 23.2 Å². The molecule has 0 radical (unpaired) electrons. The highest BCUT2D eigenvalue weighted by Crippen LogP contribution is 2.44.